The zero-order valence-corrected chi connectivity index (χ0v) is 10.4. The summed E-state index contributed by atoms with van der Waals surface area (Å²) in [5, 5.41) is 9.58. The Balaban J connectivity index is 2.83. The Bertz CT molecular complexity index is 396. The highest BCUT2D eigenvalue weighted by Crippen LogP contribution is 2.22. The lowest BCUT2D eigenvalue weighted by Crippen LogP contribution is -2.25. The van der Waals surface area contributed by atoms with Crippen molar-refractivity contribution in [2.75, 3.05) is 6.54 Å². The third-order valence-corrected chi connectivity index (χ3v) is 2.29. The maximum Gasteiger partial charge on any atom is 0.316 e. The molecule has 0 saturated carbocycles. The molecule has 3 N–H and O–H groups in total. The molecule has 0 aromatic heterocycles. The zero-order chi connectivity index (χ0) is 13.1. The number of aliphatic hydroxyl groups excluding tert-OH is 1. The lowest BCUT2D eigenvalue weighted by Gasteiger charge is -2.17. The summed E-state index contributed by atoms with van der Waals surface area (Å²) in [6.45, 7) is 5.49. The topological polar surface area (TPSA) is 72.5 Å². The second-order valence-electron chi connectivity index (χ2n) is 4.96. The van der Waals surface area contributed by atoms with Crippen LogP contribution in [0, 0.1) is 5.41 Å². The predicted octanol–water partition coefficient (Wildman–Crippen LogP) is 1.63. The smallest absolute Gasteiger partial charge is 0.316 e. The van der Waals surface area contributed by atoms with Gasteiger partial charge in [-0.1, -0.05) is 12.1 Å². The Morgan fingerprint density at radius 3 is 2.65 bits per heavy atom. The molecule has 4 heteroatoms. The summed E-state index contributed by atoms with van der Waals surface area (Å²) in [4.78, 5) is 11.7. The first-order valence-electron chi connectivity index (χ1n) is 5.55. The normalized spacial score (nSPS) is 13.2. The van der Waals surface area contributed by atoms with Crippen molar-refractivity contribution in [1.29, 1.82) is 0 Å². The Hall–Kier alpha value is -1.39. The summed E-state index contributed by atoms with van der Waals surface area (Å²) in [6, 6.07) is 6.77. The van der Waals surface area contributed by atoms with Crippen LogP contribution in [0.15, 0.2) is 24.3 Å². The number of benzene rings is 1. The Morgan fingerprint density at radius 1 is 1.47 bits per heavy atom. The van der Waals surface area contributed by atoms with Crippen LogP contribution in [0.1, 0.15) is 32.4 Å². The SMILES string of the molecule is CC(C)(C)C(=O)Oc1cccc(C(O)CN)c1. The van der Waals surface area contributed by atoms with E-state index in [1.807, 2.05) is 0 Å². The number of carbonyl (C=O) groups excluding carboxylic acids is 1. The van der Waals surface area contributed by atoms with Crippen LogP contribution in [0.2, 0.25) is 0 Å². The van der Waals surface area contributed by atoms with Crippen molar-refractivity contribution in [3.05, 3.63) is 29.8 Å². The molecule has 1 aromatic rings. The van der Waals surface area contributed by atoms with Crippen molar-refractivity contribution in [3.8, 4) is 5.75 Å². The summed E-state index contributed by atoms with van der Waals surface area (Å²) in [5.74, 6) is 0.117. The van der Waals surface area contributed by atoms with Crippen molar-refractivity contribution >= 4 is 5.97 Å². The van der Waals surface area contributed by atoms with Gasteiger partial charge in [-0.15, -0.1) is 0 Å². The number of hydrogen-bond donors (Lipinski definition) is 2. The fraction of sp³-hybridized carbons (Fsp3) is 0.462. The van der Waals surface area contributed by atoms with E-state index < -0.39 is 11.5 Å². The maximum absolute atomic E-state index is 11.7. The van der Waals surface area contributed by atoms with Gasteiger partial charge < -0.3 is 15.6 Å². The van der Waals surface area contributed by atoms with Gasteiger partial charge in [0.15, 0.2) is 0 Å². The molecule has 0 saturated heterocycles. The fourth-order valence-corrected chi connectivity index (χ4v) is 1.18. The highest BCUT2D eigenvalue weighted by molar-refractivity contribution is 5.77. The molecule has 0 heterocycles. The number of carbonyl (C=O) groups is 1. The van der Waals surface area contributed by atoms with Crippen LogP contribution in [0.25, 0.3) is 0 Å². The molecule has 1 atom stereocenters. The highest BCUT2D eigenvalue weighted by Gasteiger charge is 2.23. The number of aliphatic hydroxyl groups is 1. The standard InChI is InChI=1S/C13H19NO3/c1-13(2,3)12(16)17-10-6-4-5-9(7-10)11(15)8-14/h4-7,11,15H,8,14H2,1-3H3. The molecule has 0 fully saturated rings. The van der Waals surface area contributed by atoms with Crippen LogP contribution >= 0.6 is 0 Å². The average Bonchev–Trinajstić information content (AvgIpc) is 2.27. The van der Waals surface area contributed by atoms with Gasteiger partial charge in [0.25, 0.3) is 0 Å². The summed E-state index contributed by atoms with van der Waals surface area (Å²) < 4.78 is 5.22. The highest BCUT2D eigenvalue weighted by atomic mass is 16.5. The Kier molecular flexibility index (Phi) is 4.26. The summed E-state index contributed by atoms with van der Waals surface area (Å²) in [6.07, 6.45) is -0.733. The second kappa shape index (κ2) is 5.29. The molecule has 0 aliphatic heterocycles. The van der Waals surface area contributed by atoms with Crippen LogP contribution in [0.5, 0.6) is 5.75 Å². The van der Waals surface area contributed by atoms with Crippen molar-refractivity contribution in [2.45, 2.75) is 26.9 Å². The first-order chi connectivity index (χ1) is 7.84. The predicted molar refractivity (Wildman–Crippen MR) is 65.5 cm³/mol. The molecular weight excluding hydrogens is 218 g/mol. The van der Waals surface area contributed by atoms with Crippen LogP contribution in [0.4, 0.5) is 0 Å². The molecule has 17 heavy (non-hydrogen) atoms. The Labute approximate surface area is 101 Å². The van der Waals surface area contributed by atoms with Crippen molar-refractivity contribution in [3.63, 3.8) is 0 Å². The first-order valence-corrected chi connectivity index (χ1v) is 5.55. The molecule has 94 valence electrons. The van der Waals surface area contributed by atoms with E-state index in [4.69, 9.17) is 10.5 Å². The molecule has 1 aromatic carbocycles. The third kappa shape index (κ3) is 3.84. The zero-order valence-electron chi connectivity index (χ0n) is 10.4. The van der Waals surface area contributed by atoms with E-state index >= 15 is 0 Å². The second-order valence-corrected chi connectivity index (χ2v) is 4.96. The minimum absolute atomic E-state index is 0.136. The molecule has 0 aliphatic rings. The van der Waals surface area contributed by atoms with Gasteiger partial charge in [-0.25, -0.2) is 0 Å². The molecule has 0 amide bonds. The third-order valence-electron chi connectivity index (χ3n) is 2.29. The summed E-state index contributed by atoms with van der Waals surface area (Å²) in [5.41, 5.74) is 5.46. The monoisotopic (exact) mass is 237 g/mol. The van der Waals surface area contributed by atoms with Crippen molar-refractivity contribution < 1.29 is 14.6 Å². The Morgan fingerprint density at radius 2 is 2.12 bits per heavy atom. The van der Waals surface area contributed by atoms with Gasteiger partial charge in [0, 0.05) is 6.54 Å². The first kappa shape index (κ1) is 13.7. The number of rotatable bonds is 3. The largest absolute Gasteiger partial charge is 0.426 e. The van der Waals surface area contributed by atoms with Crippen molar-refractivity contribution in [2.24, 2.45) is 11.1 Å². The van der Waals surface area contributed by atoms with Crippen molar-refractivity contribution in [1.82, 2.24) is 0 Å². The minimum Gasteiger partial charge on any atom is -0.426 e. The van der Waals surface area contributed by atoms with E-state index in [9.17, 15) is 9.90 Å². The molecule has 0 radical (unpaired) electrons. The van der Waals surface area contributed by atoms with Gasteiger partial charge in [0.2, 0.25) is 0 Å². The molecular formula is C13H19NO3. The van der Waals surface area contributed by atoms with Gasteiger partial charge in [0.1, 0.15) is 5.75 Å². The molecule has 0 aliphatic carbocycles. The van der Waals surface area contributed by atoms with Crippen LogP contribution in [-0.4, -0.2) is 17.6 Å². The molecule has 4 nitrogen and oxygen atoms in total. The number of esters is 1. The van der Waals surface area contributed by atoms with Crippen LogP contribution in [-0.2, 0) is 4.79 Å². The van der Waals surface area contributed by atoms with E-state index in [-0.39, 0.29) is 12.5 Å². The molecule has 0 spiro atoms. The van der Waals surface area contributed by atoms with E-state index in [2.05, 4.69) is 0 Å². The molecule has 0 bridgehead atoms. The van der Waals surface area contributed by atoms with Gasteiger partial charge in [0.05, 0.1) is 11.5 Å². The van der Waals surface area contributed by atoms with E-state index in [1.165, 1.54) is 0 Å². The quantitative estimate of drug-likeness (QED) is 0.619. The van der Waals surface area contributed by atoms with E-state index in [0.717, 1.165) is 0 Å². The van der Waals surface area contributed by atoms with Gasteiger partial charge in [-0.3, -0.25) is 4.79 Å². The lowest BCUT2D eigenvalue weighted by atomic mass is 9.97. The fourth-order valence-electron chi connectivity index (χ4n) is 1.18. The van der Waals surface area contributed by atoms with E-state index in [1.54, 1.807) is 45.0 Å². The summed E-state index contributed by atoms with van der Waals surface area (Å²) in [7, 11) is 0. The van der Waals surface area contributed by atoms with Crippen LogP contribution < -0.4 is 10.5 Å². The minimum atomic E-state index is -0.733. The van der Waals surface area contributed by atoms with Crippen LogP contribution in [0.3, 0.4) is 0 Å². The van der Waals surface area contributed by atoms with E-state index in [0.29, 0.717) is 11.3 Å². The molecule has 1 unspecified atom stereocenters. The number of nitrogens with two attached hydrogens (primary N) is 1. The lowest BCUT2D eigenvalue weighted by molar-refractivity contribution is -0.143. The number of hydrogen-bond acceptors (Lipinski definition) is 4. The van der Waals surface area contributed by atoms with Gasteiger partial charge in [-0.05, 0) is 38.5 Å². The van der Waals surface area contributed by atoms with Gasteiger partial charge >= 0.3 is 5.97 Å². The maximum atomic E-state index is 11.7. The van der Waals surface area contributed by atoms with Gasteiger partial charge in [-0.2, -0.15) is 0 Å². The number of ether oxygens (including phenoxy) is 1. The summed E-state index contributed by atoms with van der Waals surface area (Å²) >= 11 is 0. The molecule has 1 rings (SSSR count). The average molecular weight is 237 g/mol.